The molecule has 0 spiro atoms. The quantitative estimate of drug-likeness (QED) is 0.152. The molecule has 0 fully saturated rings. The van der Waals surface area contributed by atoms with Gasteiger partial charge in [0.25, 0.3) is 0 Å². The minimum absolute atomic E-state index is 0.879. The molecule has 0 saturated heterocycles. The fourth-order valence-corrected chi connectivity index (χ4v) is 10.1. The van der Waals surface area contributed by atoms with Crippen LogP contribution in [0, 0.1) is 0 Å². The Labute approximate surface area is 388 Å². The van der Waals surface area contributed by atoms with Gasteiger partial charge in [0, 0.05) is 49.6 Å². The van der Waals surface area contributed by atoms with Crippen molar-refractivity contribution in [2.24, 2.45) is 0 Å². The van der Waals surface area contributed by atoms with Crippen LogP contribution in [0.5, 0.6) is 0 Å². The van der Waals surface area contributed by atoms with E-state index in [4.69, 9.17) is 8.83 Å². The molecule has 0 unspecified atom stereocenters. The molecule has 0 saturated carbocycles. The van der Waals surface area contributed by atoms with Gasteiger partial charge in [-0.2, -0.15) is 0 Å². The van der Waals surface area contributed by atoms with Crippen molar-refractivity contribution in [2.45, 2.75) is 0 Å². The van der Waals surface area contributed by atoms with Gasteiger partial charge < -0.3 is 13.7 Å². The molecule has 0 aliphatic rings. The number of nitrogens with zero attached hydrogens (tertiary/aromatic N) is 1. The van der Waals surface area contributed by atoms with Crippen molar-refractivity contribution < 1.29 is 8.83 Å². The Morgan fingerprint density at radius 2 is 0.821 bits per heavy atom. The van der Waals surface area contributed by atoms with Crippen molar-refractivity contribution in [2.75, 3.05) is 4.90 Å². The van der Waals surface area contributed by atoms with Crippen LogP contribution in [0.25, 0.3) is 110 Å². The third kappa shape index (κ3) is 6.67. The van der Waals surface area contributed by atoms with Gasteiger partial charge in [0.2, 0.25) is 0 Å². The number of hydrogen-bond donors (Lipinski definition) is 0. The predicted molar refractivity (Wildman–Crippen MR) is 280 cm³/mol. The molecule has 2 aromatic heterocycles. The highest BCUT2D eigenvalue weighted by molar-refractivity contribution is 6.19. The summed E-state index contributed by atoms with van der Waals surface area (Å²) in [4.78, 5) is 2.36. The third-order valence-electron chi connectivity index (χ3n) is 13.3. The van der Waals surface area contributed by atoms with E-state index in [9.17, 15) is 0 Å². The zero-order valence-electron chi connectivity index (χ0n) is 36.4. The summed E-state index contributed by atoms with van der Waals surface area (Å²) in [5.74, 6) is 0. The Morgan fingerprint density at radius 1 is 0.254 bits per heavy atom. The largest absolute Gasteiger partial charge is 0.455 e. The van der Waals surface area contributed by atoms with Crippen LogP contribution in [-0.4, -0.2) is 0 Å². The molecule has 0 aliphatic heterocycles. The van der Waals surface area contributed by atoms with Crippen LogP contribution in [-0.2, 0) is 0 Å². The number of benzene rings is 11. The van der Waals surface area contributed by atoms with Gasteiger partial charge in [-0.3, -0.25) is 0 Å². The van der Waals surface area contributed by atoms with E-state index in [2.05, 4.69) is 241 Å². The van der Waals surface area contributed by atoms with E-state index in [0.29, 0.717) is 0 Å². The Balaban J connectivity index is 0.932. The summed E-state index contributed by atoms with van der Waals surface area (Å²) >= 11 is 0. The standard InChI is InChI=1S/C64H41NO2/c1-3-14-43(15-4-1)52-38-33-47(41-59(52)44-16-5-2-6-17-44)42-28-34-49(35-29-42)65(50-36-30-46(31-37-50)55-24-12-25-57-56-22-9-10-26-60(56)66-63(55)57)51-20-11-19-48(40-51)53-23-13-27-61-62(53)58-39-32-45-18-7-8-21-54(45)64(58)67-61/h1-41H. The maximum atomic E-state index is 6.63. The lowest BCUT2D eigenvalue weighted by Crippen LogP contribution is -2.10. The Bertz CT molecular complexity index is 3960. The highest BCUT2D eigenvalue weighted by Gasteiger charge is 2.19. The summed E-state index contributed by atoms with van der Waals surface area (Å²) in [5, 5.41) is 6.77. The SMILES string of the molecule is c1ccc(-c2ccc(-c3ccc(N(c4ccc(-c5cccc6c5oc5ccccc56)cc4)c4cccc(-c5cccc6oc7c8ccccc8ccc7c56)c4)cc3)cc2-c2ccccc2)cc1. The van der Waals surface area contributed by atoms with Crippen molar-refractivity contribution >= 4 is 71.7 Å². The lowest BCUT2D eigenvalue weighted by Gasteiger charge is -2.26. The molecule has 0 bridgehead atoms. The van der Waals surface area contributed by atoms with Gasteiger partial charge in [-0.1, -0.05) is 188 Å². The van der Waals surface area contributed by atoms with Crippen LogP contribution in [0.4, 0.5) is 17.1 Å². The summed E-state index contributed by atoms with van der Waals surface area (Å²) in [6.45, 7) is 0. The minimum atomic E-state index is 0.879. The molecule has 13 aromatic rings. The first-order valence-electron chi connectivity index (χ1n) is 22.8. The molecule has 11 aromatic carbocycles. The van der Waals surface area contributed by atoms with Gasteiger partial charge in [-0.15, -0.1) is 0 Å². The Morgan fingerprint density at radius 3 is 1.61 bits per heavy atom. The summed E-state index contributed by atoms with van der Waals surface area (Å²) in [7, 11) is 0. The molecule has 0 N–H and O–H groups in total. The van der Waals surface area contributed by atoms with Crippen LogP contribution in [0.15, 0.2) is 258 Å². The zero-order chi connectivity index (χ0) is 44.3. The normalized spacial score (nSPS) is 11.6. The second kappa shape index (κ2) is 16.0. The second-order valence-corrected chi connectivity index (χ2v) is 17.2. The average molecular weight is 856 g/mol. The highest BCUT2D eigenvalue weighted by Crippen LogP contribution is 2.44. The first-order valence-corrected chi connectivity index (χ1v) is 22.8. The molecule has 3 nitrogen and oxygen atoms in total. The molecule has 0 radical (unpaired) electrons. The smallest absolute Gasteiger partial charge is 0.143 e. The molecule has 0 atom stereocenters. The lowest BCUT2D eigenvalue weighted by molar-refractivity contribution is 0.670. The van der Waals surface area contributed by atoms with Crippen LogP contribution < -0.4 is 4.90 Å². The third-order valence-corrected chi connectivity index (χ3v) is 13.3. The fraction of sp³-hybridized carbons (Fsp3) is 0. The lowest BCUT2D eigenvalue weighted by atomic mass is 9.91. The van der Waals surface area contributed by atoms with Gasteiger partial charge in [-0.25, -0.2) is 0 Å². The summed E-state index contributed by atoms with van der Waals surface area (Å²) in [6, 6.07) is 88.8. The first-order chi connectivity index (χ1) is 33.2. The number of anilines is 3. The second-order valence-electron chi connectivity index (χ2n) is 17.2. The summed E-state index contributed by atoms with van der Waals surface area (Å²) < 4.78 is 13.1. The van der Waals surface area contributed by atoms with E-state index in [1.54, 1.807) is 0 Å². The summed E-state index contributed by atoms with van der Waals surface area (Å²) in [6.07, 6.45) is 0. The minimum Gasteiger partial charge on any atom is -0.455 e. The highest BCUT2D eigenvalue weighted by atomic mass is 16.3. The van der Waals surface area contributed by atoms with Gasteiger partial charge in [0.1, 0.15) is 22.3 Å². The molecule has 3 heteroatoms. The Kier molecular flexibility index (Phi) is 9.17. The Hall–Kier alpha value is -8.92. The van der Waals surface area contributed by atoms with E-state index in [-0.39, 0.29) is 0 Å². The van der Waals surface area contributed by atoms with Crippen LogP contribution in [0.3, 0.4) is 0 Å². The fourth-order valence-electron chi connectivity index (χ4n) is 10.1. The molecule has 0 aliphatic carbocycles. The topological polar surface area (TPSA) is 29.5 Å². The van der Waals surface area contributed by atoms with Crippen molar-refractivity contribution in [1.29, 1.82) is 0 Å². The van der Waals surface area contributed by atoms with Crippen LogP contribution in [0.1, 0.15) is 0 Å². The number of hydrogen-bond acceptors (Lipinski definition) is 3. The van der Waals surface area contributed by atoms with E-state index in [0.717, 1.165) is 99.7 Å². The van der Waals surface area contributed by atoms with Gasteiger partial charge >= 0.3 is 0 Å². The van der Waals surface area contributed by atoms with Crippen molar-refractivity contribution in [3.05, 3.63) is 249 Å². The van der Waals surface area contributed by atoms with Crippen molar-refractivity contribution in [3.8, 4) is 55.6 Å². The molecule has 67 heavy (non-hydrogen) atoms. The number of para-hydroxylation sites is 2. The monoisotopic (exact) mass is 855 g/mol. The van der Waals surface area contributed by atoms with Crippen LogP contribution in [0.2, 0.25) is 0 Å². The molecule has 314 valence electrons. The molecular formula is C64H41NO2. The maximum Gasteiger partial charge on any atom is 0.143 e. The van der Waals surface area contributed by atoms with E-state index >= 15 is 0 Å². The van der Waals surface area contributed by atoms with E-state index in [1.807, 2.05) is 12.1 Å². The molecule has 0 amide bonds. The molecule has 2 heterocycles. The predicted octanol–water partition coefficient (Wildman–Crippen LogP) is 18.4. The van der Waals surface area contributed by atoms with Gasteiger partial charge in [0.15, 0.2) is 0 Å². The summed E-state index contributed by atoms with van der Waals surface area (Å²) in [5.41, 5.74) is 18.3. The number of rotatable bonds is 8. The van der Waals surface area contributed by atoms with Crippen LogP contribution >= 0.6 is 0 Å². The number of fused-ring (bicyclic) bond motifs is 8. The van der Waals surface area contributed by atoms with Crippen molar-refractivity contribution in [1.82, 2.24) is 0 Å². The average Bonchev–Trinajstić information content (AvgIpc) is 3.99. The molecule has 13 rings (SSSR count). The van der Waals surface area contributed by atoms with Crippen molar-refractivity contribution in [3.63, 3.8) is 0 Å². The van der Waals surface area contributed by atoms with Gasteiger partial charge in [-0.05, 0) is 116 Å². The van der Waals surface area contributed by atoms with Gasteiger partial charge in [0.05, 0.1) is 0 Å². The van der Waals surface area contributed by atoms with E-state index in [1.165, 1.54) is 27.6 Å². The zero-order valence-corrected chi connectivity index (χ0v) is 36.4. The van der Waals surface area contributed by atoms with E-state index < -0.39 is 0 Å². The maximum absolute atomic E-state index is 6.63. The first kappa shape index (κ1) is 38.5. The number of furan rings is 2. The molecular weight excluding hydrogens is 815 g/mol.